The van der Waals surface area contributed by atoms with Gasteiger partial charge >= 0.3 is 0 Å². The van der Waals surface area contributed by atoms with Crippen LogP contribution in [0.3, 0.4) is 0 Å². The van der Waals surface area contributed by atoms with Gasteiger partial charge in [-0.05, 0) is 19.4 Å². The summed E-state index contributed by atoms with van der Waals surface area (Å²) in [5.74, 6) is 0.338. The molecule has 2 rings (SSSR count). The monoisotopic (exact) mass is 155 g/mol. The Balaban J connectivity index is 1.77. The molecule has 2 fully saturated rings. The fraction of sp³-hybridized carbons (Fsp3) is 0.875. The SMILES string of the molecule is O=C(CC1CO1)[C@@H]1CCCN1. The molecule has 0 saturated carbocycles. The van der Waals surface area contributed by atoms with Crippen LogP contribution in [0.5, 0.6) is 0 Å². The van der Waals surface area contributed by atoms with Crippen LogP contribution in [-0.2, 0) is 9.53 Å². The van der Waals surface area contributed by atoms with Crippen molar-refractivity contribution in [3.05, 3.63) is 0 Å². The van der Waals surface area contributed by atoms with Crippen LogP contribution in [-0.4, -0.2) is 31.1 Å². The molecule has 2 heterocycles. The summed E-state index contributed by atoms with van der Waals surface area (Å²) in [6.45, 7) is 1.79. The number of ketones is 1. The number of hydrogen-bond donors (Lipinski definition) is 1. The van der Waals surface area contributed by atoms with Gasteiger partial charge in [-0.3, -0.25) is 4.79 Å². The number of ether oxygens (including phenoxy) is 1. The minimum Gasteiger partial charge on any atom is -0.373 e. The van der Waals surface area contributed by atoms with E-state index in [0.717, 1.165) is 26.0 Å². The number of rotatable bonds is 3. The third kappa shape index (κ3) is 1.79. The molecule has 0 aromatic carbocycles. The van der Waals surface area contributed by atoms with E-state index in [9.17, 15) is 4.79 Å². The van der Waals surface area contributed by atoms with E-state index in [1.807, 2.05) is 0 Å². The quantitative estimate of drug-likeness (QED) is 0.587. The summed E-state index contributed by atoms with van der Waals surface area (Å²) in [6, 6.07) is 0.138. The van der Waals surface area contributed by atoms with E-state index in [4.69, 9.17) is 4.74 Å². The maximum Gasteiger partial charge on any atom is 0.152 e. The first-order chi connectivity index (χ1) is 5.36. The van der Waals surface area contributed by atoms with Crippen molar-refractivity contribution in [1.29, 1.82) is 0 Å². The van der Waals surface area contributed by atoms with Gasteiger partial charge in [0.1, 0.15) is 0 Å². The summed E-state index contributed by atoms with van der Waals surface area (Å²) in [5, 5.41) is 3.18. The van der Waals surface area contributed by atoms with E-state index in [0.29, 0.717) is 12.2 Å². The predicted molar refractivity (Wildman–Crippen MR) is 40.4 cm³/mol. The lowest BCUT2D eigenvalue weighted by Gasteiger charge is -2.06. The molecule has 0 radical (unpaired) electrons. The van der Waals surface area contributed by atoms with Gasteiger partial charge in [0.05, 0.1) is 18.8 Å². The van der Waals surface area contributed by atoms with Crippen LogP contribution in [0, 0.1) is 0 Å². The van der Waals surface area contributed by atoms with E-state index in [1.54, 1.807) is 0 Å². The van der Waals surface area contributed by atoms with Crippen molar-refractivity contribution >= 4 is 5.78 Å². The first-order valence-electron chi connectivity index (χ1n) is 4.24. The highest BCUT2D eigenvalue weighted by atomic mass is 16.6. The van der Waals surface area contributed by atoms with E-state index >= 15 is 0 Å². The molecule has 0 aromatic rings. The van der Waals surface area contributed by atoms with E-state index in [1.165, 1.54) is 0 Å². The highest BCUT2D eigenvalue weighted by Crippen LogP contribution is 2.17. The summed E-state index contributed by atoms with van der Waals surface area (Å²) in [6.07, 6.45) is 3.04. The first-order valence-corrected chi connectivity index (χ1v) is 4.24. The average Bonchev–Trinajstić information content (AvgIpc) is 2.67. The molecular weight excluding hydrogens is 142 g/mol. The second-order valence-electron chi connectivity index (χ2n) is 3.27. The number of carbonyl (C=O) groups excluding carboxylic acids is 1. The minimum atomic E-state index is 0.138. The number of Topliss-reactive ketones (excluding diaryl/α,β-unsaturated/α-hetero) is 1. The van der Waals surface area contributed by atoms with Crippen LogP contribution < -0.4 is 5.32 Å². The Labute approximate surface area is 66.1 Å². The Hall–Kier alpha value is -0.410. The normalized spacial score (nSPS) is 35.6. The number of nitrogens with one attached hydrogen (secondary N) is 1. The molecule has 2 saturated heterocycles. The summed E-state index contributed by atoms with van der Waals surface area (Å²) >= 11 is 0. The lowest BCUT2D eigenvalue weighted by molar-refractivity contribution is -0.121. The molecule has 3 heteroatoms. The standard InChI is InChI=1S/C8H13NO2/c10-8(4-6-5-11-6)7-2-1-3-9-7/h6-7,9H,1-5H2/t6?,7-/m0/s1. The van der Waals surface area contributed by atoms with Crippen LogP contribution in [0.1, 0.15) is 19.3 Å². The molecule has 11 heavy (non-hydrogen) atoms. The molecule has 3 nitrogen and oxygen atoms in total. The zero-order chi connectivity index (χ0) is 7.68. The van der Waals surface area contributed by atoms with Crippen molar-refractivity contribution in [2.75, 3.05) is 13.2 Å². The zero-order valence-corrected chi connectivity index (χ0v) is 6.51. The van der Waals surface area contributed by atoms with E-state index in [2.05, 4.69) is 5.32 Å². The van der Waals surface area contributed by atoms with Crippen LogP contribution in [0.25, 0.3) is 0 Å². The van der Waals surface area contributed by atoms with Crippen LogP contribution in [0.2, 0.25) is 0 Å². The highest BCUT2D eigenvalue weighted by molar-refractivity contribution is 5.84. The van der Waals surface area contributed by atoms with Crippen molar-refractivity contribution in [2.24, 2.45) is 0 Å². The third-order valence-corrected chi connectivity index (χ3v) is 2.28. The molecule has 0 spiro atoms. The molecule has 2 aliphatic rings. The largest absolute Gasteiger partial charge is 0.373 e. The summed E-state index contributed by atoms with van der Waals surface area (Å²) < 4.78 is 4.99. The topological polar surface area (TPSA) is 41.6 Å². The fourth-order valence-corrected chi connectivity index (χ4v) is 1.51. The second kappa shape index (κ2) is 2.91. The van der Waals surface area contributed by atoms with Gasteiger partial charge in [0.2, 0.25) is 0 Å². The maximum absolute atomic E-state index is 11.4. The average molecular weight is 155 g/mol. The lowest BCUT2D eigenvalue weighted by atomic mass is 10.1. The van der Waals surface area contributed by atoms with Crippen molar-refractivity contribution < 1.29 is 9.53 Å². The van der Waals surface area contributed by atoms with Gasteiger partial charge in [-0.25, -0.2) is 0 Å². The van der Waals surface area contributed by atoms with Crippen molar-refractivity contribution in [1.82, 2.24) is 5.32 Å². The zero-order valence-electron chi connectivity index (χ0n) is 6.51. The smallest absolute Gasteiger partial charge is 0.152 e. The molecule has 62 valence electrons. The van der Waals surface area contributed by atoms with Gasteiger partial charge < -0.3 is 10.1 Å². The van der Waals surface area contributed by atoms with E-state index in [-0.39, 0.29) is 12.1 Å². The van der Waals surface area contributed by atoms with Gasteiger partial charge in [0.25, 0.3) is 0 Å². The van der Waals surface area contributed by atoms with Gasteiger partial charge in [0, 0.05) is 6.42 Å². The Morgan fingerprint density at radius 1 is 1.64 bits per heavy atom. The Morgan fingerprint density at radius 3 is 3.00 bits per heavy atom. The molecule has 0 amide bonds. The van der Waals surface area contributed by atoms with Gasteiger partial charge in [-0.2, -0.15) is 0 Å². The molecule has 1 N–H and O–H groups in total. The molecule has 2 aliphatic heterocycles. The molecule has 1 unspecified atom stereocenters. The second-order valence-corrected chi connectivity index (χ2v) is 3.27. The Kier molecular flexibility index (Phi) is 1.92. The maximum atomic E-state index is 11.4. The van der Waals surface area contributed by atoms with Crippen LogP contribution in [0.4, 0.5) is 0 Å². The highest BCUT2D eigenvalue weighted by Gasteiger charge is 2.30. The molecule has 0 aromatic heterocycles. The Morgan fingerprint density at radius 2 is 2.45 bits per heavy atom. The molecule has 2 atom stereocenters. The third-order valence-electron chi connectivity index (χ3n) is 2.28. The summed E-state index contributed by atoms with van der Waals surface area (Å²) in [4.78, 5) is 11.4. The first kappa shape index (κ1) is 7.25. The number of hydrogen-bond acceptors (Lipinski definition) is 3. The van der Waals surface area contributed by atoms with Crippen molar-refractivity contribution in [2.45, 2.75) is 31.4 Å². The summed E-state index contributed by atoms with van der Waals surface area (Å²) in [7, 11) is 0. The summed E-state index contributed by atoms with van der Waals surface area (Å²) in [5.41, 5.74) is 0. The molecular formula is C8H13NO2. The minimum absolute atomic E-state index is 0.138. The Bertz CT molecular complexity index is 159. The molecule has 0 aliphatic carbocycles. The van der Waals surface area contributed by atoms with Gasteiger partial charge in [0.15, 0.2) is 5.78 Å². The predicted octanol–water partition coefficient (Wildman–Crippen LogP) is 0.0964. The van der Waals surface area contributed by atoms with Crippen molar-refractivity contribution in [3.63, 3.8) is 0 Å². The lowest BCUT2D eigenvalue weighted by Crippen LogP contribution is -2.31. The van der Waals surface area contributed by atoms with Gasteiger partial charge in [-0.15, -0.1) is 0 Å². The number of epoxide rings is 1. The van der Waals surface area contributed by atoms with Gasteiger partial charge in [-0.1, -0.05) is 0 Å². The molecule has 0 bridgehead atoms. The fourth-order valence-electron chi connectivity index (χ4n) is 1.51. The van der Waals surface area contributed by atoms with Crippen molar-refractivity contribution in [3.8, 4) is 0 Å². The van der Waals surface area contributed by atoms with Crippen LogP contribution >= 0.6 is 0 Å². The van der Waals surface area contributed by atoms with Crippen LogP contribution in [0.15, 0.2) is 0 Å². The van der Waals surface area contributed by atoms with E-state index < -0.39 is 0 Å². The number of carbonyl (C=O) groups is 1.